The number of ether oxygens (including phenoxy) is 2. The molecule has 1 amide bonds. The van der Waals surface area contributed by atoms with E-state index in [-0.39, 0.29) is 24.3 Å². The van der Waals surface area contributed by atoms with Gasteiger partial charge in [0, 0.05) is 32.1 Å². The van der Waals surface area contributed by atoms with Crippen molar-refractivity contribution in [2.45, 2.75) is 32.0 Å². The van der Waals surface area contributed by atoms with E-state index in [1.54, 1.807) is 7.05 Å². The van der Waals surface area contributed by atoms with Crippen LogP contribution in [0.4, 0.5) is 0 Å². The van der Waals surface area contributed by atoms with E-state index >= 15 is 0 Å². The van der Waals surface area contributed by atoms with Gasteiger partial charge in [0.15, 0.2) is 5.76 Å². The molecule has 126 valence electrons. The number of benzene rings is 1. The average molecular weight is 319 g/mol. The second kappa shape index (κ2) is 8.70. The van der Waals surface area contributed by atoms with Crippen LogP contribution in [-0.4, -0.2) is 37.6 Å². The molecule has 5 heteroatoms. The van der Waals surface area contributed by atoms with Crippen LogP contribution in [0.3, 0.4) is 0 Å². The van der Waals surface area contributed by atoms with E-state index in [0.717, 1.165) is 12.0 Å². The Morgan fingerprint density at radius 1 is 1.35 bits per heavy atom. The maximum absolute atomic E-state index is 12.0. The van der Waals surface area contributed by atoms with Gasteiger partial charge in [-0.3, -0.25) is 4.79 Å². The lowest BCUT2D eigenvalue weighted by molar-refractivity contribution is -0.166. The lowest BCUT2D eigenvalue weighted by atomic mass is 9.80. The fraction of sp³-hybridized carbons (Fsp3) is 0.500. The zero-order valence-corrected chi connectivity index (χ0v) is 13.7. The Morgan fingerprint density at radius 2 is 2.09 bits per heavy atom. The molecule has 0 aromatic heterocycles. The third-order valence-electron chi connectivity index (χ3n) is 4.05. The third-order valence-corrected chi connectivity index (χ3v) is 4.05. The Kier molecular flexibility index (Phi) is 6.62. The van der Waals surface area contributed by atoms with Crippen molar-refractivity contribution < 1.29 is 19.4 Å². The fourth-order valence-electron chi connectivity index (χ4n) is 2.94. The summed E-state index contributed by atoms with van der Waals surface area (Å²) in [7, 11) is 1.58. The van der Waals surface area contributed by atoms with Gasteiger partial charge in [-0.2, -0.15) is 0 Å². The van der Waals surface area contributed by atoms with Gasteiger partial charge in [-0.05, 0) is 31.4 Å². The smallest absolute Gasteiger partial charge is 0.285 e. The number of carbonyl (C=O) groups is 1. The number of allylic oxidation sites excluding steroid dienone is 1. The number of hydrogen-bond donors (Lipinski definition) is 2. The highest BCUT2D eigenvalue weighted by molar-refractivity contribution is 5.91. The summed E-state index contributed by atoms with van der Waals surface area (Å²) in [5.74, 6) is 0.106. The zero-order valence-electron chi connectivity index (χ0n) is 13.7. The molecular formula is C18H25NO4. The van der Waals surface area contributed by atoms with Crippen molar-refractivity contribution in [3.8, 4) is 0 Å². The molecule has 2 N–H and O–H groups in total. The summed E-state index contributed by atoms with van der Waals surface area (Å²) in [5.41, 5.74) is 1.12. The van der Waals surface area contributed by atoms with E-state index in [1.807, 2.05) is 43.3 Å². The lowest BCUT2D eigenvalue weighted by Gasteiger charge is -2.37. The maximum atomic E-state index is 12.0. The highest BCUT2D eigenvalue weighted by atomic mass is 16.7. The number of rotatable bonds is 7. The van der Waals surface area contributed by atoms with Gasteiger partial charge in [-0.1, -0.05) is 30.3 Å². The molecule has 1 aromatic carbocycles. The normalized spacial score (nSPS) is 23.8. The quantitative estimate of drug-likeness (QED) is 0.808. The predicted octanol–water partition coefficient (Wildman–Crippen LogP) is 2.18. The van der Waals surface area contributed by atoms with Gasteiger partial charge in [-0.15, -0.1) is 0 Å². The number of aliphatic hydroxyl groups is 1. The van der Waals surface area contributed by atoms with Crippen LogP contribution in [0.15, 0.2) is 42.2 Å². The second-order valence-corrected chi connectivity index (χ2v) is 5.52. The van der Waals surface area contributed by atoms with Crippen molar-refractivity contribution >= 4 is 5.91 Å². The molecule has 1 aliphatic heterocycles. The predicted molar refractivity (Wildman–Crippen MR) is 87.6 cm³/mol. The van der Waals surface area contributed by atoms with E-state index in [1.165, 1.54) is 0 Å². The summed E-state index contributed by atoms with van der Waals surface area (Å²) >= 11 is 0. The molecule has 5 nitrogen and oxygen atoms in total. The third kappa shape index (κ3) is 4.33. The molecule has 2 rings (SSSR count). The summed E-state index contributed by atoms with van der Waals surface area (Å²) in [6.45, 7) is 2.54. The summed E-state index contributed by atoms with van der Waals surface area (Å²) in [6.07, 6.45) is 2.81. The van der Waals surface area contributed by atoms with Gasteiger partial charge in [0.25, 0.3) is 5.91 Å². The van der Waals surface area contributed by atoms with Crippen molar-refractivity contribution in [2.24, 2.45) is 5.92 Å². The van der Waals surface area contributed by atoms with Gasteiger partial charge in [-0.25, -0.2) is 0 Å². The molecule has 0 saturated carbocycles. The SMILES string of the molecule is CCO[C@@H]1OC(C(=O)NC)=C[C@H](c2ccccc2)[C@@H]1CCCO. The number of carbonyl (C=O) groups excluding carboxylic acids is 1. The van der Waals surface area contributed by atoms with Crippen LogP contribution in [0.1, 0.15) is 31.2 Å². The topological polar surface area (TPSA) is 67.8 Å². The molecule has 0 fully saturated rings. The number of nitrogens with one attached hydrogen (secondary N) is 1. The molecule has 0 unspecified atom stereocenters. The molecule has 0 saturated heterocycles. The Hall–Kier alpha value is -1.85. The average Bonchev–Trinajstić information content (AvgIpc) is 2.60. The van der Waals surface area contributed by atoms with Crippen LogP contribution < -0.4 is 5.32 Å². The molecule has 1 aliphatic rings. The van der Waals surface area contributed by atoms with E-state index in [0.29, 0.717) is 18.8 Å². The molecule has 0 radical (unpaired) electrons. The minimum Gasteiger partial charge on any atom is -0.459 e. The first-order chi connectivity index (χ1) is 11.2. The van der Waals surface area contributed by atoms with Gasteiger partial charge in [0.1, 0.15) is 0 Å². The van der Waals surface area contributed by atoms with Crippen LogP contribution in [0.5, 0.6) is 0 Å². The van der Waals surface area contributed by atoms with Crippen molar-refractivity contribution in [1.29, 1.82) is 0 Å². The van der Waals surface area contributed by atoms with E-state index in [4.69, 9.17) is 9.47 Å². The Morgan fingerprint density at radius 3 is 2.70 bits per heavy atom. The first-order valence-corrected chi connectivity index (χ1v) is 8.09. The van der Waals surface area contributed by atoms with Gasteiger partial charge < -0.3 is 19.9 Å². The van der Waals surface area contributed by atoms with E-state index in [9.17, 15) is 9.90 Å². The van der Waals surface area contributed by atoms with Crippen LogP contribution in [0.25, 0.3) is 0 Å². The Labute approximate surface area is 137 Å². The Balaban J connectivity index is 2.37. The first-order valence-electron chi connectivity index (χ1n) is 8.09. The lowest BCUT2D eigenvalue weighted by Crippen LogP contribution is -2.38. The monoisotopic (exact) mass is 319 g/mol. The van der Waals surface area contributed by atoms with Crippen molar-refractivity contribution in [1.82, 2.24) is 5.32 Å². The number of hydrogen-bond acceptors (Lipinski definition) is 4. The molecule has 3 atom stereocenters. The summed E-state index contributed by atoms with van der Waals surface area (Å²) in [6, 6.07) is 10.0. The van der Waals surface area contributed by atoms with Gasteiger partial charge in [0.05, 0.1) is 0 Å². The number of amides is 1. The molecule has 0 aliphatic carbocycles. The van der Waals surface area contributed by atoms with E-state index < -0.39 is 6.29 Å². The largest absolute Gasteiger partial charge is 0.459 e. The van der Waals surface area contributed by atoms with Crippen LogP contribution in [-0.2, 0) is 14.3 Å². The summed E-state index contributed by atoms with van der Waals surface area (Å²) in [4.78, 5) is 12.0. The molecule has 1 heterocycles. The zero-order chi connectivity index (χ0) is 16.7. The molecule has 1 aromatic rings. The number of aliphatic hydroxyl groups excluding tert-OH is 1. The van der Waals surface area contributed by atoms with Gasteiger partial charge in [0.2, 0.25) is 6.29 Å². The van der Waals surface area contributed by atoms with Crippen molar-refractivity contribution in [3.63, 3.8) is 0 Å². The van der Waals surface area contributed by atoms with Crippen LogP contribution in [0.2, 0.25) is 0 Å². The number of likely N-dealkylation sites (N-methyl/N-ethyl adjacent to an activating group) is 1. The second-order valence-electron chi connectivity index (χ2n) is 5.52. The maximum Gasteiger partial charge on any atom is 0.285 e. The minimum atomic E-state index is -0.492. The molecule has 0 bridgehead atoms. The highest BCUT2D eigenvalue weighted by Crippen LogP contribution is 2.39. The standard InChI is InChI=1S/C18H25NO4/c1-3-22-18-14(10-7-11-20)15(13-8-5-4-6-9-13)12-16(23-18)17(21)19-2/h4-6,8-9,12,14-15,18,20H,3,7,10-11H2,1-2H3,(H,19,21)/t14-,15+,18+/m0/s1. The van der Waals surface area contributed by atoms with Gasteiger partial charge >= 0.3 is 0 Å². The van der Waals surface area contributed by atoms with E-state index in [2.05, 4.69) is 5.32 Å². The fourth-order valence-corrected chi connectivity index (χ4v) is 2.94. The molecule has 23 heavy (non-hydrogen) atoms. The highest BCUT2D eigenvalue weighted by Gasteiger charge is 2.37. The summed E-state index contributed by atoms with van der Waals surface area (Å²) < 4.78 is 11.5. The molecular weight excluding hydrogens is 294 g/mol. The Bertz CT molecular complexity index is 529. The minimum absolute atomic E-state index is 0.0142. The summed E-state index contributed by atoms with van der Waals surface area (Å²) in [5, 5.41) is 11.8. The van der Waals surface area contributed by atoms with Crippen LogP contribution in [0, 0.1) is 5.92 Å². The van der Waals surface area contributed by atoms with Crippen molar-refractivity contribution in [3.05, 3.63) is 47.7 Å². The van der Waals surface area contributed by atoms with Crippen LogP contribution >= 0.6 is 0 Å². The van der Waals surface area contributed by atoms with Crippen molar-refractivity contribution in [2.75, 3.05) is 20.3 Å². The first kappa shape index (κ1) is 17.5. The molecule has 0 spiro atoms.